The highest BCUT2D eigenvalue weighted by atomic mass is 32.2. The first kappa shape index (κ1) is 24.0. The minimum absolute atomic E-state index is 0.108. The van der Waals surface area contributed by atoms with E-state index in [1.165, 1.54) is 10.4 Å². The van der Waals surface area contributed by atoms with E-state index in [9.17, 15) is 18.0 Å². The quantitative estimate of drug-likeness (QED) is 0.672. The van der Waals surface area contributed by atoms with Gasteiger partial charge in [-0.05, 0) is 62.6 Å². The Hall–Kier alpha value is -3.11. The number of rotatable bonds is 6. The maximum Gasteiger partial charge on any atom is 0.262 e. The number of benzene rings is 2. The SMILES string of the molecule is CCOc1ccc(N(C)C(=O)[C@H]2CCCN(S(=O)(=O)c3cc4c(cc3C)NC(=O)CO4)C2)cc1. The van der Waals surface area contributed by atoms with Crippen LogP contribution in [0, 0.1) is 12.8 Å². The Morgan fingerprint density at radius 1 is 1.26 bits per heavy atom. The summed E-state index contributed by atoms with van der Waals surface area (Å²) in [4.78, 5) is 26.5. The van der Waals surface area contributed by atoms with Crippen molar-refractivity contribution in [3.63, 3.8) is 0 Å². The van der Waals surface area contributed by atoms with Crippen LogP contribution in [0.2, 0.25) is 0 Å². The van der Waals surface area contributed by atoms with E-state index in [0.717, 1.165) is 11.4 Å². The predicted octanol–water partition coefficient (Wildman–Crippen LogP) is 2.79. The van der Waals surface area contributed by atoms with Crippen molar-refractivity contribution in [2.45, 2.75) is 31.6 Å². The number of hydrogen-bond donors (Lipinski definition) is 1. The summed E-state index contributed by atoms with van der Waals surface area (Å²) in [5, 5.41) is 2.69. The lowest BCUT2D eigenvalue weighted by atomic mass is 9.98. The van der Waals surface area contributed by atoms with Crippen LogP contribution >= 0.6 is 0 Å². The fourth-order valence-corrected chi connectivity index (χ4v) is 6.07. The summed E-state index contributed by atoms with van der Waals surface area (Å²) >= 11 is 0. The number of anilines is 2. The van der Waals surface area contributed by atoms with Crippen LogP contribution in [0.25, 0.3) is 0 Å². The van der Waals surface area contributed by atoms with Crippen molar-refractivity contribution in [2.75, 3.05) is 43.6 Å². The van der Waals surface area contributed by atoms with Gasteiger partial charge < -0.3 is 19.7 Å². The van der Waals surface area contributed by atoms with Crippen molar-refractivity contribution >= 4 is 33.2 Å². The third kappa shape index (κ3) is 4.74. The second-order valence-corrected chi connectivity index (χ2v) is 10.4. The van der Waals surface area contributed by atoms with Crippen molar-refractivity contribution in [2.24, 2.45) is 5.92 Å². The van der Waals surface area contributed by atoms with Gasteiger partial charge in [-0.3, -0.25) is 9.59 Å². The molecule has 182 valence electrons. The Morgan fingerprint density at radius 3 is 2.71 bits per heavy atom. The van der Waals surface area contributed by atoms with Crippen LogP contribution in [0.5, 0.6) is 11.5 Å². The highest BCUT2D eigenvalue weighted by molar-refractivity contribution is 7.89. The zero-order valence-corrected chi connectivity index (χ0v) is 20.4. The number of nitrogens with one attached hydrogen (secondary N) is 1. The lowest BCUT2D eigenvalue weighted by Crippen LogP contribution is -2.46. The number of hydrogen-bond acceptors (Lipinski definition) is 6. The molecule has 2 heterocycles. The Kier molecular flexibility index (Phi) is 6.81. The topological polar surface area (TPSA) is 105 Å². The maximum absolute atomic E-state index is 13.5. The molecule has 9 nitrogen and oxygen atoms in total. The molecule has 0 saturated carbocycles. The molecule has 1 N–H and O–H groups in total. The molecule has 4 rings (SSSR count). The molecule has 1 fully saturated rings. The molecule has 2 aliphatic heterocycles. The van der Waals surface area contributed by atoms with Gasteiger partial charge in [-0.15, -0.1) is 0 Å². The normalized spacial score (nSPS) is 18.4. The van der Waals surface area contributed by atoms with Crippen LogP contribution in [0.3, 0.4) is 0 Å². The number of fused-ring (bicyclic) bond motifs is 1. The molecule has 2 aromatic carbocycles. The van der Waals surface area contributed by atoms with Gasteiger partial charge in [0, 0.05) is 31.9 Å². The van der Waals surface area contributed by atoms with Gasteiger partial charge in [0.1, 0.15) is 11.5 Å². The minimum Gasteiger partial charge on any atom is -0.494 e. The zero-order chi connectivity index (χ0) is 24.5. The Morgan fingerprint density at radius 2 is 2.00 bits per heavy atom. The molecule has 0 bridgehead atoms. The zero-order valence-electron chi connectivity index (χ0n) is 19.5. The van der Waals surface area contributed by atoms with Crippen LogP contribution in [0.15, 0.2) is 41.3 Å². The Labute approximate surface area is 199 Å². The molecule has 0 spiro atoms. The molecule has 0 aromatic heterocycles. The van der Waals surface area contributed by atoms with Crippen molar-refractivity contribution in [3.8, 4) is 11.5 Å². The maximum atomic E-state index is 13.5. The van der Waals surface area contributed by atoms with Gasteiger partial charge in [-0.25, -0.2) is 8.42 Å². The van der Waals surface area contributed by atoms with Crippen molar-refractivity contribution < 1.29 is 27.5 Å². The summed E-state index contributed by atoms with van der Waals surface area (Å²) in [6.07, 6.45) is 1.20. The van der Waals surface area contributed by atoms with E-state index in [1.807, 2.05) is 31.2 Å². The highest BCUT2D eigenvalue weighted by Crippen LogP contribution is 2.35. The van der Waals surface area contributed by atoms with Gasteiger partial charge in [-0.2, -0.15) is 4.31 Å². The molecular weight excluding hydrogens is 458 g/mol. The van der Waals surface area contributed by atoms with Crippen LogP contribution in [-0.2, 0) is 19.6 Å². The van der Waals surface area contributed by atoms with E-state index in [0.29, 0.717) is 43.0 Å². The van der Waals surface area contributed by atoms with Gasteiger partial charge in [0.15, 0.2) is 6.61 Å². The minimum atomic E-state index is -3.86. The number of sulfonamides is 1. The van der Waals surface area contributed by atoms with Gasteiger partial charge in [0.25, 0.3) is 5.91 Å². The molecule has 34 heavy (non-hydrogen) atoms. The first-order valence-electron chi connectivity index (χ1n) is 11.3. The van der Waals surface area contributed by atoms with Crippen LogP contribution in [0.4, 0.5) is 11.4 Å². The van der Waals surface area contributed by atoms with E-state index in [2.05, 4.69) is 5.32 Å². The lowest BCUT2D eigenvalue weighted by molar-refractivity contribution is -0.123. The van der Waals surface area contributed by atoms with E-state index in [1.54, 1.807) is 24.9 Å². The number of amides is 2. The monoisotopic (exact) mass is 487 g/mol. The third-order valence-electron chi connectivity index (χ3n) is 6.13. The standard InChI is InChI=1S/C24H29N3O6S/c1-4-32-19-9-7-18(8-10-19)26(3)24(29)17-6-5-11-27(14-17)34(30,31)22-13-21-20(12-16(22)2)25-23(28)15-33-21/h7-10,12-13,17H,4-6,11,14-15H2,1-3H3,(H,25,28)/t17-/m0/s1. The Balaban J connectivity index is 1.52. The van der Waals surface area contributed by atoms with E-state index in [-0.39, 0.29) is 29.9 Å². The molecule has 1 saturated heterocycles. The van der Waals surface area contributed by atoms with Crippen LogP contribution < -0.4 is 19.7 Å². The van der Waals surface area contributed by atoms with Gasteiger partial charge in [0.05, 0.1) is 23.1 Å². The largest absolute Gasteiger partial charge is 0.494 e. The number of ether oxygens (including phenoxy) is 2. The summed E-state index contributed by atoms with van der Waals surface area (Å²) < 4.78 is 39.3. The van der Waals surface area contributed by atoms with Gasteiger partial charge >= 0.3 is 0 Å². The van der Waals surface area contributed by atoms with E-state index < -0.39 is 15.9 Å². The lowest BCUT2D eigenvalue weighted by Gasteiger charge is -2.33. The third-order valence-corrected chi connectivity index (χ3v) is 8.13. The summed E-state index contributed by atoms with van der Waals surface area (Å²) in [5.41, 5.74) is 1.68. The molecule has 0 aliphatic carbocycles. The van der Waals surface area contributed by atoms with Crippen molar-refractivity contribution in [3.05, 3.63) is 42.0 Å². The van der Waals surface area contributed by atoms with E-state index >= 15 is 0 Å². The molecular formula is C24H29N3O6S. The average Bonchev–Trinajstić information content (AvgIpc) is 2.83. The van der Waals surface area contributed by atoms with E-state index in [4.69, 9.17) is 9.47 Å². The smallest absolute Gasteiger partial charge is 0.262 e. The fraction of sp³-hybridized carbons (Fsp3) is 0.417. The highest BCUT2D eigenvalue weighted by Gasteiger charge is 2.36. The number of nitrogens with zero attached hydrogens (tertiary/aromatic N) is 2. The molecule has 2 aromatic rings. The molecule has 0 radical (unpaired) electrons. The number of piperidine rings is 1. The first-order valence-corrected chi connectivity index (χ1v) is 12.7. The molecule has 2 amide bonds. The molecule has 2 aliphatic rings. The van der Waals surface area contributed by atoms with Crippen LogP contribution in [-0.4, -0.2) is 57.9 Å². The number of carbonyl (C=O) groups excluding carboxylic acids is 2. The van der Waals surface area contributed by atoms with Gasteiger partial charge in [0.2, 0.25) is 15.9 Å². The fourth-order valence-electron chi connectivity index (χ4n) is 4.33. The summed E-state index contributed by atoms with van der Waals surface area (Å²) in [7, 11) is -2.16. The average molecular weight is 488 g/mol. The summed E-state index contributed by atoms with van der Waals surface area (Å²) in [6, 6.07) is 10.3. The summed E-state index contributed by atoms with van der Waals surface area (Å²) in [6.45, 7) is 4.44. The molecule has 10 heteroatoms. The Bertz CT molecular complexity index is 1200. The van der Waals surface area contributed by atoms with Crippen LogP contribution in [0.1, 0.15) is 25.3 Å². The molecule has 0 unspecified atom stereocenters. The second-order valence-electron chi connectivity index (χ2n) is 8.48. The van der Waals surface area contributed by atoms with Crippen molar-refractivity contribution in [1.29, 1.82) is 0 Å². The predicted molar refractivity (Wildman–Crippen MR) is 128 cm³/mol. The first-order chi connectivity index (χ1) is 16.2. The second kappa shape index (κ2) is 9.63. The number of aryl methyl sites for hydroxylation is 1. The van der Waals surface area contributed by atoms with Gasteiger partial charge in [-0.1, -0.05) is 0 Å². The molecule has 1 atom stereocenters. The summed E-state index contributed by atoms with van der Waals surface area (Å²) in [5.74, 6) is 0.192. The number of carbonyl (C=O) groups is 2. The van der Waals surface area contributed by atoms with Crippen molar-refractivity contribution in [1.82, 2.24) is 4.31 Å².